The monoisotopic (exact) mass is 195 g/mol. The van der Waals surface area contributed by atoms with Gasteiger partial charge in [-0.05, 0) is 26.4 Å². The molecule has 0 radical (unpaired) electrons. The second kappa shape index (κ2) is 10.5. The molecule has 0 saturated heterocycles. The summed E-state index contributed by atoms with van der Waals surface area (Å²) in [7, 11) is 1.94. The van der Waals surface area contributed by atoms with Gasteiger partial charge in [0.05, 0.1) is 0 Å². The SMILES string of the molecule is CCCCCN(C)CCC(=O)[O-].[Na+]. The number of hydrogen-bond donors (Lipinski definition) is 0. The van der Waals surface area contributed by atoms with Gasteiger partial charge < -0.3 is 14.8 Å². The first-order valence-corrected chi connectivity index (χ1v) is 4.55. The molecular weight excluding hydrogens is 177 g/mol. The van der Waals surface area contributed by atoms with E-state index in [1.807, 2.05) is 11.9 Å². The smallest absolute Gasteiger partial charge is 0.550 e. The maximum atomic E-state index is 10.1. The van der Waals surface area contributed by atoms with Gasteiger partial charge in [-0.25, -0.2) is 0 Å². The molecule has 0 amide bonds. The van der Waals surface area contributed by atoms with E-state index in [-0.39, 0.29) is 36.0 Å². The number of nitrogens with zero attached hydrogens (tertiary/aromatic N) is 1. The van der Waals surface area contributed by atoms with E-state index in [1.165, 1.54) is 12.8 Å². The van der Waals surface area contributed by atoms with Gasteiger partial charge in [-0.3, -0.25) is 0 Å². The summed E-state index contributed by atoms with van der Waals surface area (Å²) in [5.74, 6) is -0.961. The molecule has 0 unspecified atom stereocenters. The summed E-state index contributed by atoms with van der Waals surface area (Å²) in [5, 5.41) is 10.1. The molecule has 4 heteroatoms. The second-order valence-electron chi connectivity index (χ2n) is 3.13. The zero-order valence-corrected chi connectivity index (χ0v) is 11.0. The summed E-state index contributed by atoms with van der Waals surface area (Å²) in [6.07, 6.45) is 3.71. The van der Waals surface area contributed by atoms with E-state index in [2.05, 4.69) is 6.92 Å². The number of rotatable bonds is 7. The Morgan fingerprint density at radius 1 is 1.31 bits per heavy atom. The van der Waals surface area contributed by atoms with Crippen LogP contribution in [0.15, 0.2) is 0 Å². The van der Waals surface area contributed by atoms with Crippen molar-refractivity contribution in [1.29, 1.82) is 0 Å². The number of hydrogen-bond acceptors (Lipinski definition) is 3. The Bertz CT molecular complexity index is 131. The average molecular weight is 195 g/mol. The van der Waals surface area contributed by atoms with Crippen LogP contribution in [0.25, 0.3) is 0 Å². The van der Waals surface area contributed by atoms with Gasteiger partial charge in [-0.15, -0.1) is 0 Å². The molecule has 0 bridgehead atoms. The minimum Gasteiger partial charge on any atom is -0.550 e. The van der Waals surface area contributed by atoms with Crippen LogP contribution in [-0.2, 0) is 4.79 Å². The second-order valence-corrected chi connectivity index (χ2v) is 3.13. The Balaban J connectivity index is 0. The third kappa shape index (κ3) is 12.4. The fraction of sp³-hybridized carbons (Fsp3) is 0.889. The number of carboxylic acids is 1. The van der Waals surface area contributed by atoms with Gasteiger partial charge in [0.25, 0.3) is 0 Å². The summed E-state index contributed by atoms with van der Waals surface area (Å²) >= 11 is 0. The topological polar surface area (TPSA) is 43.4 Å². The molecule has 72 valence electrons. The van der Waals surface area contributed by atoms with Crippen molar-refractivity contribution >= 4 is 5.97 Å². The van der Waals surface area contributed by atoms with Crippen molar-refractivity contribution < 1.29 is 39.5 Å². The quantitative estimate of drug-likeness (QED) is 0.327. The van der Waals surface area contributed by atoms with E-state index in [0.29, 0.717) is 6.54 Å². The normalized spacial score (nSPS) is 9.77. The molecule has 0 aliphatic rings. The predicted octanol–water partition coefficient (Wildman–Crippen LogP) is -2.75. The first kappa shape index (κ1) is 15.9. The van der Waals surface area contributed by atoms with Gasteiger partial charge in [0, 0.05) is 12.5 Å². The largest absolute Gasteiger partial charge is 1.00 e. The Morgan fingerprint density at radius 3 is 2.38 bits per heavy atom. The Labute approximate surface area is 103 Å². The van der Waals surface area contributed by atoms with Crippen LogP contribution >= 0.6 is 0 Å². The molecule has 3 nitrogen and oxygen atoms in total. The molecular formula is C9H18NNaO2. The van der Waals surface area contributed by atoms with Crippen LogP contribution in [0.3, 0.4) is 0 Å². The molecule has 0 heterocycles. The van der Waals surface area contributed by atoms with Crippen LogP contribution in [0.1, 0.15) is 32.6 Å². The first-order valence-electron chi connectivity index (χ1n) is 4.55. The molecule has 0 spiro atoms. The van der Waals surface area contributed by atoms with Crippen molar-refractivity contribution in [2.75, 3.05) is 20.1 Å². The zero-order valence-electron chi connectivity index (χ0n) is 9.01. The van der Waals surface area contributed by atoms with Gasteiger partial charge in [0.2, 0.25) is 0 Å². The molecule has 0 atom stereocenters. The average Bonchev–Trinajstić information content (AvgIpc) is 2.01. The standard InChI is InChI=1S/C9H19NO2.Na/c1-3-4-5-7-10(2)8-6-9(11)12;/h3-8H2,1-2H3,(H,11,12);/q;+1/p-1. The van der Waals surface area contributed by atoms with Gasteiger partial charge in [0.1, 0.15) is 0 Å². The fourth-order valence-electron chi connectivity index (χ4n) is 1.03. The van der Waals surface area contributed by atoms with E-state index >= 15 is 0 Å². The van der Waals surface area contributed by atoms with Crippen molar-refractivity contribution in [2.45, 2.75) is 32.6 Å². The molecule has 0 aliphatic heterocycles. The number of carbonyl (C=O) groups excluding carboxylic acids is 1. The number of unbranched alkanes of at least 4 members (excludes halogenated alkanes) is 2. The predicted molar refractivity (Wildman–Crippen MR) is 46.6 cm³/mol. The third-order valence-electron chi connectivity index (χ3n) is 1.84. The molecule has 0 aliphatic carbocycles. The van der Waals surface area contributed by atoms with E-state index in [9.17, 15) is 9.90 Å². The summed E-state index contributed by atoms with van der Waals surface area (Å²) in [6, 6.07) is 0. The van der Waals surface area contributed by atoms with E-state index < -0.39 is 5.97 Å². The van der Waals surface area contributed by atoms with E-state index in [4.69, 9.17) is 0 Å². The maximum Gasteiger partial charge on any atom is 1.00 e. The summed E-state index contributed by atoms with van der Waals surface area (Å²) in [4.78, 5) is 12.1. The number of aliphatic carboxylic acids is 1. The molecule has 0 aromatic carbocycles. The third-order valence-corrected chi connectivity index (χ3v) is 1.84. The van der Waals surface area contributed by atoms with E-state index in [1.54, 1.807) is 0 Å². The Morgan fingerprint density at radius 2 is 1.92 bits per heavy atom. The fourth-order valence-corrected chi connectivity index (χ4v) is 1.03. The van der Waals surface area contributed by atoms with Crippen molar-refractivity contribution in [2.24, 2.45) is 0 Å². The van der Waals surface area contributed by atoms with Crippen LogP contribution in [0.2, 0.25) is 0 Å². The van der Waals surface area contributed by atoms with Crippen LogP contribution in [-0.4, -0.2) is 31.0 Å². The van der Waals surface area contributed by atoms with Crippen molar-refractivity contribution in [3.8, 4) is 0 Å². The van der Waals surface area contributed by atoms with Crippen molar-refractivity contribution in [3.63, 3.8) is 0 Å². The minimum absolute atomic E-state index is 0. The molecule has 0 aromatic rings. The van der Waals surface area contributed by atoms with Gasteiger partial charge >= 0.3 is 29.6 Å². The van der Waals surface area contributed by atoms with Crippen LogP contribution < -0.4 is 34.7 Å². The minimum atomic E-state index is -0.961. The molecule has 0 fully saturated rings. The van der Waals surface area contributed by atoms with Crippen LogP contribution in [0, 0.1) is 0 Å². The zero-order chi connectivity index (χ0) is 9.40. The van der Waals surface area contributed by atoms with Crippen molar-refractivity contribution in [1.82, 2.24) is 4.90 Å². The number of carboxylic acid groups (broad SMARTS) is 1. The van der Waals surface area contributed by atoms with Gasteiger partial charge in [-0.1, -0.05) is 19.8 Å². The Kier molecular flexibility index (Phi) is 12.8. The molecule has 0 rings (SSSR count). The molecule has 0 saturated carbocycles. The summed E-state index contributed by atoms with van der Waals surface area (Å²) in [6.45, 7) is 3.74. The summed E-state index contributed by atoms with van der Waals surface area (Å²) < 4.78 is 0. The number of carbonyl (C=O) groups is 1. The first-order chi connectivity index (χ1) is 5.66. The van der Waals surface area contributed by atoms with Gasteiger partial charge in [0.15, 0.2) is 0 Å². The van der Waals surface area contributed by atoms with Crippen LogP contribution in [0.5, 0.6) is 0 Å². The van der Waals surface area contributed by atoms with Gasteiger partial charge in [-0.2, -0.15) is 0 Å². The Hall–Kier alpha value is 0.430. The molecule has 0 N–H and O–H groups in total. The molecule has 0 aromatic heterocycles. The molecule has 13 heavy (non-hydrogen) atoms. The van der Waals surface area contributed by atoms with E-state index in [0.717, 1.165) is 13.0 Å². The maximum absolute atomic E-state index is 10.1. The summed E-state index contributed by atoms with van der Waals surface area (Å²) in [5.41, 5.74) is 0. The van der Waals surface area contributed by atoms with Crippen molar-refractivity contribution in [3.05, 3.63) is 0 Å². The van der Waals surface area contributed by atoms with Crippen LogP contribution in [0.4, 0.5) is 0 Å².